The Labute approximate surface area is 96.8 Å². The fourth-order valence-corrected chi connectivity index (χ4v) is 1.26. The number of nitriles is 1. The number of rotatable bonds is 1. The third-order valence-electron chi connectivity index (χ3n) is 1.54. The second kappa shape index (κ2) is 5.70. The first-order valence-electron chi connectivity index (χ1n) is 4.02. The molecular weight excluding hydrogens is 261 g/mol. The Morgan fingerprint density at radius 3 is 2.86 bits per heavy atom. The van der Waals surface area contributed by atoms with E-state index in [1.807, 2.05) is 6.07 Å². The van der Waals surface area contributed by atoms with Crippen molar-refractivity contribution in [2.75, 3.05) is 5.33 Å². The summed E-state index contributed by atoms with van der Waals surface area (Å²) in [7, 11) is 0. The van der Waals surface area contributed by atoms with Gasteiger partial charge in [-0.05, 0) is 18.2 Å². The van der Waals surface area contributed by atoms with E-state index in [-0.39, 0.29) is 0 Å². The lowest BCUT2D eigenvalue weighted by molar-refractivity contribution is 1.32. The second-order valence-corrected chi connectivity index (χ2v) is 3.75. The highest BCUT2D eigenvalue weighted by Gasteiger charge is 1.97. The van der Waals surface area contributed by atoms with Gasteiger partial charge in [-0.3, -0.25) is 0 Å². The third-order valence-corrected chi connectivity index (χ3v) is 2.26. The van der Waals surface area contributed by atoms with Gasteiger partial charge < -0.3 is 0 Å². The van der Waals surface area contributed by atoms with E-state index in [9.17, 15) is 0 Å². The van der Waals surface area contributed by atoms with E-state index < -0.39 is 0 Å². The molecule has 0 radical (unpaired) electrons. The molecule has 0 amide bonds. The van der Waals surface area contributed by atoms with Crippen molar-refractivity contribution in [3.05, 3.63) is 34.3 Å². The first kappa shape index (κ1) is 11.1. The number of hydrogen-bond acceptors (Lipinski definition) is 1. The highest BCUT2D eigenvalue weighted by molar-refractivity contribution is 9.09. The maximum absolute atomic E-state index is 8.68. The molecule has 0 bridgehead atoms. The maximum Gasteiger partial charge on any atom is 0.0992 e. The molecule has 0 atom stereocenters. The van der Waals surface area contributed by atoms with Gasteiger partial charge in [0.2, 0.25) is 0 Å². The fourth-order valence-electron chi connectivity index (χ4n) is 0.896. The van der Waals surface area contributed by atoms with Gasteiger partial charge in [0.15, 0.2) is 0 Å². The lowest BCUT2D eigenvalue weighted by atomic mass is 10.1. The second-order valence-electron chi connectivity index (χ2n) is 2.55. The Morgan fingerprint density at radius 1 is 1.43 bits per heavy atom. The van der Waals surface area contributed by atoms with Crippen LogP contribution in [0.1, 0.15) is 17.5 Å². The standard InChI is InChI=1S/C11H7BrClN/c12-6-2-1-3-10-7-9(8-14)4-5-11(10)13/h4-5,7H,2,6H2. The quantitative estimate of drug-likeness (QED) is 0.566. The van der Waals surface area contributed by atoms with Crippen LogP contribution in [0.25, 0.3) is 0 Å². The predicted octanol–water partition coefficient (Wildman–Crippen LogP) is 3.35. The molecule has 0 fully saturated rings. The maximum atomic E-state index is 8.68. The monoisotopic (exact) mass is 267 g/mol. The van der Waals surface area contributed by atoms with E-state index >= 15 is 0 Å². The van der Waals surface area contributed by atoms with Gasteiger partial charge in [0.05, 0.1) is 16.7 Å². The topological polar surface area (TPSA) is 23.8 Å². The van der Waals surface area contributed by atoms with E-state index in [1.54, 1.807) is 18.2 Å². The summed E-state index contributed by atoms with van der Waals surface area (Å²) in [5.41, 5.74) is 1.30. The Morgan fingerprint density at radius 2 is 2.21 bits per heavy atom. The number of nitrogens with zero attached hydrogens (tertiary/aromatic N) is 1. The zero-order valence-corrected chi connectivity index (χ0v) is 9.69. The van der Waals surface area contributed by atoms with Crippen molar-refractivity contribution in [2.45, 2.75) is 6.42 Å². The molecule has 0 aliphatic heterocycles. The molecule has 1 aromatic carbocycles. The van der Waals surface area contributed by atoms with Crippen LogP contribution in [0.4, 0.5) is 0 Å². The first-order chi connectivity index (χ1) is 6.77. The number of alkyl halides is 1. The van der Waals surface area contributed by atoms with Crippen molar-refractivity contribution in [1.29, 1.82) is 5.26 Å². The zero-order valence-electron chi connectivity index (χ0n) is 7.35. The Kier molecular flexibility index (Phi) is 4.53. The highest BCUT2D eigenvalue weighted by Crippen LogP contribution is 2.16. The third kappa shape index (κ3) is 3.07. The van der Waals surface area contributed by atoms with E-state index in [2.05, 4.69) is 27.8 Å². The van der Waals surface area contributed by atoms with Gasteiger partial charge in [-0.1, -0.05) is 39.4 Å². The number of benzene rings is 1. The summed E-state index contributed by atoms with van der Waals surface area (Å²) in [5.74, 6) is 5.88. The van der Waals surface area contributed by atoms with Crippen LogP contribution in [-0.2, 0) is 0 Å². The molecule has 3 heteroatoms. The van der Waals surface area contributed by atoms with E-state index in [4.69, 9.17) is 16.9 Å². The fraction of sp³-hybridized carbons (Fsp3) is 0.182. The summed E-state index contributed by atoms with van der Waals surface area (Å²) in [6.45, 7) is 0. The van der Waals surface area contributed by atoms with Crippen LogP contribution in [0.5, 0.6) is 0 Å². The molecule has 1 rings (SSSR count). The van der Waals surface area contributed by atoms with Crippen molar-refractivity contribution in [3.8, 4) is 17.9 Å². The van der Waals surface area contributed by atoms with E-state index in [1.165, 1.54) is 0 Å². The Balaban J connectivity index is 2.98. The van der Waals surface area contributed by atoms with Crippen LogP contribution in [0.2, 0.25) is 5.02 Å². The molecule has 0 heterocycles. The summed E-state index contributed by atoms with van der Waals surface area (Å²) in [6.07, 6.45) is 0.771. The van der Waals surface area contributed by atoms with Gasteiger partial charge in [-0.2, -0.15) is 5.26 Å². The molecule has 0 aliphatic rings. The molecule has 0 spiro atoms. The van der Waals surface area contributed by atoms with Gasteiger partial charge in [-0.15, -0.1) is 0 Å². The van der Waals surface area contributed by atoms with Crippen molar-refractivity contribution in [1.82, 2.24) is 0 Å². The van der Waals surface area contributed by atoms with Gasteiger partial charge >= 0.3 is 0 Å². The molecule has 70 valence electrons. The zero-order chi connectivity index (χ0) is 10.4. The molecule has 0 saturated heterocycles. The molecule has 1 nitrogen and oxygen atoms in total. The van der Waals surface area contributed by atoms with Crippen LogP contribution in [-0.4, -0.2) is 5.33 Å². The first-order valence-corrected chi connectivity index (χ1v) is 5.52. The van der Waals surface area contributed by atoms with Crippen molar-refractivity contribution in [2.24, 2.45) is 0 Å². The summed E-state index contributed by atoms with van der Waals surface area (Å²) in [5, 5.41) is 10.1. The Hall–Kier alpha value is -0.960. The number of hydrogen-bond donors (Lipinski definition) is 0. The lowest BCUT2D eigenvalue weighted by Crippen LogP contribution is -1.80. The minimum absolute atomic E-state index is 0.581. The normalized spacial score (nSPS) is 8.64. The van der Waals surface area contributed by atoms with Crippen molar-refractivity contribution in [3.63, 3.8) is 0 Å². The van der Waals surface area contributed by atoms with Crippen LogP contribution in [0.15, 0.2) is 18.2 Å². The van der Waals surface area contributed by atoms with Crippen LogP contribution >= 0.6 is 27.5 Å². The van der Waals surface area contributed by atoms with Gasteiger partial charge in [0, 0.05) is 17.3 Å². The van der Waals surface area contributed by atoms with Crippen molar-refractivity contribution < 1.29 is 0 Å². The van der Waals surface area contributed by atoms with Gasteiger partial charge in [0.25, 0.3) is 0 Å². The molecule has 0 saturated carbocycles. The molecule has 0 aromatic heterocycles. The van der Waals surface area contributed by atoms with Crippen LogP contribution < -0.4 is 0 Å². The summed E-state index contributed by atoms with van der Waals surface area (Å²) < 4.78 is 0. The largest absolute Gasteiger partial charge is 0.192 e. The predicted molar refractivity (Wildman–Crippen MR) is 61.5 cm³/mol. The summed E-state index contributed by atoms with van der Waals surface area (Å²) in [4.78, 5) is 0. The van der Waals surface area contributed by atoms with E-state index in [0.29, 0.717) is 16.1 Å². The Bertz CT molecular complexity index is 423. The molecule has 14 heavy (non-hydrogen) atoms. The molecular formula is C11H7BrClN. The molecule has 0 unspecified atom stereocenters. The van der Waals surface area contributed by atoms with E-state index in [0.717, 1.165) is 11.8 Å². The number of halogens is 2. The van der Waals surface area contributed by atoms with Gasteiger partial charge in [0.1, 0.15) is 0 Å². The summed E-state index contributed by atoms with van der Waals surface area (Å²) in [6, 6.07) is 7.12. The van der Waals surface area contributed by atoms with Crippen molar-refractivity contribution >= 4 is 27.5 Å². The minimum Gasteiger partial charge on any atom is -0.192 e. The van der Waals surface area contributed by atoms with Crippen LogP contribution in [0, 0.1) is 23.2 Å². The van der Waals surface area contributed by atoms with Gasteiger partial charge in [-0.25, -0.2) is 0 Å². The molecule has 0 N–H and O–H groups in total. The minimum atomic E-state index is 0.581. The molecule has 1 aromatic rings. The van der Waals surface area contributed by atoms with Crippen LogP contribution in [0.3, 0.4) is 0 Å². The average Bonchev–Trinajstić information content (AvgIpc) is 2.21. The molecule has 0 aliphatic carbocycles. The average molecular weight is 269 g/mol. The smallest absolute Gasteiger partial charge is 0.0992 e. The SMILES string of the molecule is N#Cc1ccc(Cl)c(C#CCCBr)c1. The summed E-state index contributed by atoms with van der Waals surface area (Å²) >= 11 is 9.19. The highest BCUT2D eigenvalue weighted by atomic mass is 79.9. The lowest BCUT2D eigenvalue weighted by Gasteiger charge is -1.95.